The van der Waals surface area contributed by atoms with Gasteiger partial charge in [0.25, 0.3) is 11.5 Å². The number of H-pyrrole nitrogens is 2. The number of carboxylic acid groups (broad SMARTS) is 1. The van der Waals surface area contributed by atoms with Crippen LogP contribution in [0.2, 0.25) is 0 Å². The largest absolute Gasteiger partial charge is 0.481 e. The molecule has 184 valence electrons. The topological polar surface area (TPSA) is 173 Å². The van der Waals surface area contributed by atoms with E-state index in [-0.39, 0.29) is 42.2 Å². The van der Waals surface area contributed by atoms with Gasteiger partial charge in [-0.05, 0) is 36.8 Å². The molecule has 1 aliphatic carbocycles. The fourth-order valence-corrected chi connectivity index (χ4v) is 4.16. The Hall–Kier alpha value is -3.83. The second-order valence-corrected chi connectivity index (χ2v) is 8.81. The summed E-state index contributed by atoms with van der Waals surface area (Å²) in [7, 11) is 0. The van der Waals surface area contributed by atoms with Gasteiger partial charge in [-0.1, -0.05) is 34.8 Å². The summed E-state index contributed by atoms with van der Waals surface area (Å²) in [6, 6.07) is 7.34. The standard InChI is InChI=1S/C22H21Cl2N5O6/c23-14-6-12(4-5-19(32)33)9-22(24,10-14)29-18(31)11-25-20(34)13-2-1-3-15(7-13)26-16-8-17(30)28-21(35)27-16/h1-3,6-8,10H,4-5,9,11H2,(H,25,34)(H,29,31)(H,32,33)(H3,26,27,28,30,35). The van der Waals surface area contributed by atoms with E-state index < -0.39 is 34.0 Å². The maximum absolute atomic E-state index is 12.5. The first-order valence-corrected chi connectivity index (χ1v) is 11.1. The third-order valence-electron chi connectivity index (χ3n) is 4.77. The molecule has 1 heterocycles. The highest BCUT2D eigenvalue weighted by molar-refractivity contribution is 6.33. The van der Waals surface area contributed by atoms with Crippen LogP contribution in [0.25, 0.3) is 0 Å². The first kappa shape index (κ1) is 25.8. The summed E-state index contributed by atoms with van der Waals surface area (Å²) in [6.07, 6.45) is 3.35. The maximum Gasteiger partial charge on any atom is 0.327 e. The minimum absolute atomic E-state index is 0.0995. The molecule has 0 saturated carbocycles. The normalized spacial score (nSPS) is 17.1. The van der Waals surface area contributed by atoms with Crippen LogP contribution in [0.4, 0.5) is 11.5 Å². The number of allylic oxidation sites excluding steroid dienone is 2. The van der Waals surface area contributed by atoms with Gasteiger partial charge in [-0.3, -0.25) is 29.1 Å². The molecule has 0 bridgehead atoms. The highest BCUT2D eigenvalue weighted by atomic mass is 35.5. The van der Waals surface area contributed by atoms with Crippen LogP contribution in [0.3, 0.4) is 0 Å². The van der Waals surface area contributed by atoms with Crippen molar-refractivity contribution < 1.29 is 19.5 Å². The zero-order chi connectivity index (χ0) is 25.6. The molecule has 6 N–H and O–H groups in total. The SMILES string of the molecule is O=C(O)CCC1=CC(Cl)=CC(Cl)(NC(=O)CNC(=O)c2cccc(Nc3cc(=O)[nH]c(=O)[nH]3)c2)C1. The number of halogens is 2. The second kappa shape index (κ2) is 11.1. The maximum atomic E-state index is 12.5. The zero-order valence-electron chi connectivity index (χ0n) is 18.1. The minimum Gasteiger partial charge on any atom is -0.481 e. The van der Waals surface area contributed by atoms with Crippen LogP contribution in [-0.4, -0.2) is 44.4 Å². The number of hydrogen-bond donors (Lipinski definition) is 6. The van der Waals surface area contributed by atoms with Crippen molar-refractivity contribution in [3.8, 4) is 0 Å². The van der Waals surface area contributed by atoms with Crippen molar-refractivity contribution in [2.75, 3.05) is 11.9 Å². The van der Waals surface area contributed by atoms with E-state index in [1.165, 1.54) is 18.2 Å². The summed E-state index contributed by atoms with van der Waals surface area (Å²) in [5, 5.41) is 17.0. The molecule has 1 aromatic carbocycles. The molecule has 0 saturated heterocycles. The van der Waals surface area contributed by atoms with Gasteiger partial charge in [0, 0.05) is 35.2 Å². The lowest BCUT2D eigenvalue weighted by Gasteiger charge is -2.29. The van der Waals surface area contributed by atoms with E-state index in [0.29, 0.717) is 11.3 Å². The van der Waals surface area contributed by atoms with Crippen LogP contribution in [0.1, 0.15) is 29.6 Å². The second-order valence-electron chi connectivity index (χ2n) is 7.70. The number of carbonyl (C=O) groups excluding carboxylic acids is 2. The Kier molecular flexibility index (Phi) is 8.15. The number of aromatic nitrogens is 2. The Labute approximate surface area is 208 Å². The highest BCUT2D eigenvalue weighted by Crippen LogP contribution is 2.33. The molecule has 13 heteroatoms. The number of carboxylic acids is 1. The number of anilines is 2. The minimum atomic E-state index is -1.35. The van der Waals surface area contributed by atoms with Gasteiger partial charge in [0.05, 0.1) is 6.54 Å². The Balaban J connectivity index is 1.57. The molecule has 2 amide bonds. The number of amides is 2. The Morgan fingerprint density at radius 3 is 2.63 bits per heavy atom. The number of nitrogens with one attached hydrogen (secondary N) is 5. The molecule has 0 aliphatic heterocycles. The predicted octanol–water partition coefficient (Wildman–Crippen LogP) is 1.91. The van der Waals surface area contributed by atoms with Crippen molar-refractivity contribution in [1.29, 1.82) is 0 Å². The Bertz CT molecular complexity index is 1300. The van der Waals surface area contributed by atoms with Crippen molar-refractivity contribution in [3.63, 3.8) is 0 Å². The molecule has 1 aliphatic rings. The Morgan fingerprint density at radius 2 is 1.91 bits per heavy atom. The number of aliphatic carboxylic acids is 1. The number of rotatable bonds is 9. The third kappa shape index (κ3) is 7.87. The van der Waals surface area contributed by atoms with Crippen LogP contribution in [0.5, 0.6) is 0 Å². The summed E-state index contributed by atoms with van der Waals surface area (Å²) in [6.45, 7) is -0.383. The summed E-state index contributed by atoms with van der Waals surface area (Å²) in [4.78, 5) is 61.7. The summed E-state index contributed by atoms with van der Waals surface area (Å²) in [5.74, 6) is -1.96. The van der Waals surface area contributed by atoms with E-state index in [1.54, 1.807) is 18.2 Å². The van der Waals surface area contributed by atoms with E-state index in [2.05, 4.69) is 20.9 Å². The number of alkyl halides is 1. The molecule has 0 fully saturated rings. The third-order valence-corrected chi connectivity index (χ3v) is 5.33. The van der Waals surface area contributed by atoms with E-state index >= 15 is 0 Å². The zero-order valence-corrected chi connectivity index (χ0v) is 19.6. The van der Waals surface area contributed by atoms with Gasteiger partial charge in [-0.25, -0.2) is 4.79 Å². The summed E-state index contributed by atoms with van der Waals surface area (Å²) in [5.41, 5.74) is 0.0356. The van der Waals surface area contributed by atoms with Gasteiger partial charge in [0.2, 0.25) is 5.91 Å². The van der Waals surface area contributed by atoms with Gasteiger partial charge in [-0.15, -0.1) is 0 Å². The number of benzene rings is 1. The predicted molar refractivity (Wildman–Crippen MR) is 130 cm³/mol. The quantitative estimate of drug-likeness (QED) is 0.216. The fourth-order valence-electron chi connectivity index (χ4n) is 3.36. The van der Waals surface area contributed by atoms with E-state index in [1.807, 2.05) is 4.98 Å². The molecule has 35 heavy (non-hydrogen) atoms. The van der Waals surface area contributed by atoms with E-state index in [0.717, 1.165) is 6.07 Å². The molecular formula is C22H21Cl2N5O6. The van der Waals surface area contributed by atoms with Crippen molar-refractivity contribution in [1.82, 2.24) is 20.6 Å². The van der Waals surface area contributed by atoms with Gasteiger partial charge in [-0.2, -0.15) is 0 Å². The van der Waals surface area contributed by atoms with Gasteiger partial charge in [0.1, 0.15) is 10.8 Å². The van der Waals surface area contributed by atoms with Crippen LogP contribution in [0, 0.1) is 0 Å². The van der Waals surface area contributed by atoms with Crippen LogP contribution < -0.4 is 27.2 Å². The van der Waals surface area contributed by atoms with Crippen molar-refractivity contribution in [2.24, 2.45) is 0 Å². The van der Waals surface area contributed by atoms with E-state index in [9.17, 15) is 24.0 Å². The Morgan fingerprint density at radius 1 is 1.14 bits per heavy atom. The first-order chi connectivity index (χ1) is 16.5. The van der Waals surface area contributed by atoms with Crippen molar-refractivity contribution in [2.45, 2.75) is 24.3 Å². The molecule has 3 rings (SSSR count). The summed E-state index contributed by atoms with van der Waals surface area (Å²) < 4.78 is 0. The number of carbonyl (C=O) groups is 3. The molecule has 11 nitrogen and oxygen atoms in total. The van der Waals surface area contributed by atoms with E-state index in [4.69, 9.17) is 28.3 Å². The number of aromatic amines is 2. The highest BCUT2D eigenvalue weighted by Gasteiger charge is 2.31. The van der Waals surface area contributed by atoms with Crippen LogP contribution >= 0.6 is 23.2 Å². The lowest BCUT2D eigenvalue weighted by molar-refractivity contribution is -0.137. The molecule has 1 atom stereocenters. The lowest BCUT2D eigenvalue weighted by atomic mass is 9.96. The lowest BCUT2D eigenvalue weighted by Crippen LogP contribution is -2.47. The molecule has 1 unspecified atom stereocenters. The monoisotopic (exact) mass is 521 g/mol. The molecular weight excluding hydrogens is 501 g/mol. The number of hydrogen-bond acceptors (Lipinski definition) is 6. The average molecular weight is 522 g/mol. The van der Waals surface area contributed by atoms with Gasteiger partial charge in [0.15, 0.2) is 0 Å². The van der Waals surface area contributed by atoms with Gasteiger partial charge >= 0.3 is 11.7 Å². The first-order valence-electron chi connectivity index (χ1n) is 10.3. The molecule has 2 aromatic rings. The van der Waals surface area contributed by atoms with Crippen molar-refractivity contribution >= 4 is 52.5 Å². The molecule has 1 aromatic heterocycles. The fraction of sp³-hybridized carbons (Fsp3) is 0.227. The van der Waals surface area contributed by atoms with Crippen molar-refractivity contribution in [3.05, 3.63) is 79.5 Å². The summed E-state index contributed by atoms with van der Waals surface area (Å²) >= 11 is 12.6. The molecule has 0 spiro atoms. The smallest absolute Gasteiger partial charge is 0.327 e. The van der Waals surface area contributed by atoms with Crippen LogP contribution in [-0.2, 0) is 9.59 Å². The van der Waals surface area contributed by atoms with Gasteiger partial charge < -0.3 is 21.1 Å². The average Bonchev–Trinajstić information content (AvgIpc) is 2.74. The van der Waals surface area contributed by atoms with Crippen LogP contribution in [0.15, 0.2) is 62.7 Å². The molecule has 0 radical (unpaired) electrons.